The van der Waals surface area contributed by atoms with Crippen LogP contribution in [0.5, 0.6) is 11.5 Å². The van der Waals surface area contributed by atoms with E-state index >= 15 is 0 Å². The van der Waals surface area contributed by atoms with Crippen molar-refractivity contribution >= 4 is 153 Å². The molecular formula is C22H24N2Na4O10. The number of rotatable bonds is 15. The molecule has 0 heterocycles. The summed E-state index contributed by atoms with van der Waals surface area (Å²) in [6.45, 7) is -2.20. The second-order valence-electron chi connectivity index (χ2n) is 6.92. The number of anilines is 2. The van der Waals surface area contributed by atoms with Gasteiger partial charge in [0.25, 0.3) is 0 Å². The first kappa shape index (κ1) is 42.0. The maximum atomic E-state index is 11.1. The maximum Gasteiger partial charge on any atom is 0.323 e. The van der Waals surface area contributed by atoms with E-state index in [1.54, 1.807) is 36.4 Å². The summed E-state index contributed by atoms with van der Waals surface area (Å²) in [5.41, 5.74) is 0.559. The first-order valence-electron chi connectivity index (χ1n) is 9.98. The average Bonchev–Trinajstić information content (AvgIpc) is 2.75. The monoisotopic (exact) mass is 568 g/mol. The molecule has 0 atom stereocenters. The van der Waals surface area contributed by atoms with Crippen molar-refractivity contribution in [2.45, 2.75) is 0 Å². The Morgan fingerprint density at radius 1 is 0.526 bits per heavy atom. The predicted octanol–water partition coefficient (Wildman–Crippen LogP) is -0.428. The molecule has 0 unspecified atom stereocenters. The molecule has 0 amide bonds. The number of carbonyl (C=O) groups is 4. The van der Waals surface area contributed by atoms with Crippen LogP contribution in [0.3, 0.4) is 0 Å². The Labute approximate surface area is 307 Å². The van der Waals surface area contributed by atoms with Crippen LogP contribution in [0.15, 0.2) is 48.5 Å². The van der Waals surface area contributed by atoms with Gasteiger partial charge in [0, 0.05) is 118 Å². The van der Waals surface area contributed by atoms with Gasteiger partial charge in [0.2, 0.25) is 0 Å². The maximum absolute atomic E-state index is 11.1. The minimum absolute atomic E-state index is 0. The van der Waals surface area contributed by atoms with Gasteiger partial charge in [-0.2, -0.15) is 0 Å². The molecule has 2 aromatic carbocycles. The summed E-state index contributed by atoms with van der Waals surface area (Å²) in [4.78, 5) is 46.9. The number of aliphatic carboxylic acids is 4. The van der Waals surface area contributed by atoms with Crippen LogP contribution in [0.1, 0.15) is 0 Å². The van der Waals surface area contributed by atoms with Gasteiger partial charge in [0.1, 0.15) is 50.9 Å². The van der Waals surface area contributed by atoms with Gasteiger partial charge in [0.15, 0.2) is 0 Å². The van der Waals surface area contributed by atoms with Crippen molar-refractivity contribution in [2.75, 3.05) is 49.2 Å². The fraction of sp³-hybridized carbons (Fsp3) is 0.273. The number of nitrogens with zero attached hydrogens (tertiary/aromatic N) is 2. The van der Waals surface area contributed by atoms with E-state index in [4.69, 9.17) is 29.9 Å². The summed E-state index contributed by atoms with van der Waals surface area (Å²) in [6, 6.07) is 12.7. The van der Waals surface area contributed by atoms with Crippen molar-refractivity contribution in [2.24, 2.45) is 0 Å². The van der Waals surface area contributed by atoms with Crippen molar-refractivity contribution in [3.05, 3.63) is 48.5 Å². The molecule has 2 rings (SSSR count). The predicted molar refractivity (Wildman–Crippen MR) is 142 cm³/mol. The van der Waals surface area contributed by atoms with Crippen LogP contribution >= 0.6 is 0 Å². The molecule has 38 heavy (non-hydrogen) atoms. The zero-order valence-electron chi connectivity index (χ0n) is 22.0. The molecule has 0 fully saturated rings. The van der Waals surface area contributed by atoms with Crippen LogP contribution in [-0.4, -0.2) is 202 Å². The van der Waals surface area contributed by atoms with E-state index < -0.39 is 50.1 Å². The summed E-state index contributed by atoms with van der Waals surface area (Å²) in [6.07, 6.45) is 0. The van der Waals surface area contributed by atoms with Crippen LogP contribution in [0, 0.1) is 0 Å². The molecule has 0 aliphatic rings. The molecule has 0 spiro atoms. The number of carboxylic acids is 4. The summed E-state index contributed by atoms with van der Waals surface area (Å²) in [5.74, 6) is -4.32. The van der Waals surface area contributed by atoms with Crippen LogP contribution < -0.4 is 19.3 Å². The molecule has 0 saturated heterocycles. The average molecular weight is 568 g/mol. The van der Waals surface area contributed by atoms with Crippen molar-refractivity contribution in [1.82, 2.24) is 0 Å². The molecule has 0 aliphatic carbocycles. The standard InChI is InChI=1S/C22H24N2O10.4Na/c25-19(26)11-23(12-20(27)28)15-5-1-3-7-17(15)33-9-10-34-18-8-4-2-6-16(18)24(13-21(29)30)14-22(31)32;;;;/h1-8H,9-14H2,(H,25,26)(H,27,28)(H,29,30)(H,31,32);;;;. The Hall–Kier alpha value is -0.480. The number of hydrogen-bond donors (Lipinski definition) is 4. The molecule has 0 bridgehead atoms. The van der Waals surface area contributed by atoms with Crippen molar-refractivity contribution < 1.29 is 49.1 Å². The molecule has 2 aromatic rings. The fourth-order valence-corrected chi connectivity index (χ4v) is 3.09. The summed E-state index contributed by atoms with van der Waals surface area (Å²) < 4.78 is 11.4. The number of para-hydroxylation sites is 4. The zero-order valence-corrected chi connectivity index (χ0v) is 30.0. The SMILES string of the molecule is O=C(O)CN(CC(=O)O)c1ccccc1OCCOc1ccccc1N(CC(=O)O)CC(=O)O.[Na].[Na].[Na].[Na]. The van der Waals surface area contributed by atoms with Crippen molar-refractivity contribution in [3.63, 3.8) is 0 Å². The van der Waals surface area contributed by atoms with Gasteiger partial charge in [-0.25, -0.2) is 0 Å². The summed E-state index contributed by atoms with van der Waals surface area (Å²) in [7, 11) is 0. The second-order valence-corrected chi connectivity index (χ2v) is 6.92. The first-order chi connectivity index (χ1) is 16.2. The third kappa shape index (κ3) is 15.3. The Morgan fingerprint density at radius 2 is 0.789 bits per heavy atom. The van der Waals surface area contributed by atoms with Crippen LogP contribution in [0.4, 0.5) is 11.4 Å². The molecule has 4 N–H and O–H groups in total. The quantitative estimate of drug-likeness (QED) is 0.162. The molecule has 0 saturated carbocycles. The topological polar surface area (TPSA) is 174 Å². The van der Waals surface area contributed by atoms with Crippen LogP contribution in [-0.2, 0) is 19.2 Å². The Balaban J connectivity index is -0.00000306. The minimum atomic E-state index is -1.21. The molecular weight excluding hydrogens is 544 g/mol. The third-order valence-corrected chi connectivity index (χ3v) is 4.31. The van der Waals surface area contributed by atoms with E-state index in [9.17, 15) is 19.2 Å². The van der Waals surface area contributed by atoms with Gasteiger partial charge in [-0.05, 0) is 24.3 Å². The normalized spacial score (nSPS) is 9.16. The summed E-state index contributed by atoms with van der Waals surface area (Å²) in [5, 5.41) is 36.4. The smallest absolute Gasteiger partial charge is 0.323 e. The van der Waals surface area contributed by atoms with Crippen LogP contribution in [0.25, 0.3) is 0 Å². The number of carboxylic acid groups (broad SMARTS) is 4. The Bertz CT molecular complexity index is 931. The van der Waals surface area contributed by atoms with Gasteiger partial charge >= 0.3 is 23.9 Å². The number of ether oxygens (including phenoxy) is 2. The third-order valence-electron chi connectivity index (χ3n) is 4.31. The molecule has 16 heteroatoms. The minimum Gasteiger partial charge on any atom is -0.488 e. The molecule has 0 aromatic heterocycles. The van der Waals surface area contributed by atoms with Gasteiger partial charge in [-0.3, -0.25) is 19.2 Å². The largest absolute Gasteiger partial charge is 0.488 e. The van der Waals surface area contributed by atoms with Crippen molar-refractivity contribution in [1.29, 1.82) is 0 Å². The Morgan fingerprint density at radius 3 is 1.05 bits per heavy atom. The Kier molecular flexibility index (Phi) is 24.6. The fourth-order valence-electron chi connectivity index (χ4n) is 3.09. The first-order valence-corrected chi connectivity index (χ1v) is 9.98. The van der Waals surface area contributed by atoms with E-state index in [1.807, 2.05) is 0 Å². The molecule has 186 valence electrons. The van der Waals surface area contributed by atoms with E-state index in [2.05, 4.69) is 0 Å². The van der Waals surface area contributed by atoms with Crippen molar-refractivity contribution in [3.8, 4) is 11.5 Å². The van der Waals surface area contributed by atoms with E-state index in [-0.39, 0.29) is 154 Å². The van der Waals surface area contributed by atoms with E-state index in [0.29, 0.717) is 0 Å². The van der Waals surface area contributed by atoms with Gasteiger partial charge in [-0.15, -0.1) is 0 Å². The summed E-state index contributed by atoms with van der Waals surface area (Å²) >= 11 is 0. The van der Waals surface area contributed by atoms with Gasteiger partial charge in [-0.1, -0.05) is 24.3 Å². The molecule has 0 aliphatic heterocycles. The van der Waals surface area contributed by atoms with E-state index in [1.165, 1.54) is 12.1 Å². The second kappa shape index (κ2) is 22.2. The van der Waals surface area contributed by atoms with Crippen LogP contribution in [0.2, 0.25) is 0 Å². The number of hydrogen-bond acceptors (Lipinski definition) is 8. The molecule has 4 radical (unpaired) electrons. The number of benzene rings is 2. The zero-order chi connectivity index (χ0) is 25.1. The van der Waals surface area contributed by atoms with E-state index in [0.717, 1.165) is 9.80 Å². The molecule has 12 nitrogen and oxygen atoms in total. The van der Waals surface area contributed by atoms with Gasteiger partial charge in [0.05, 0.1) is 11.4 Å². The van der Waals surface area contributed by atoms with Gasteiger partial charge < -0.3 is 39.7 Å².